The van der Waals surface area contributed by atoms with E-state index in [1.807, 2.05) is 5.32 Å². The summed E-state index contributed by atoms with van der Waals surface area (Å²) in [6, 6.07) is -1.43. The summed E-state index contributed by atoms with van der Waals surface area (Å²) in [7, 11) is 0. The van der Waals surface area contributed by atoms with Gasteiger partial charge in [0.2, 0.25) is 17.5 Å². The molecule has 10 atom stereocenters. The predicted octanol–water partition coefficient (Wildman–Crippen LogP) is -6.17. The van der Waals surface area contributed by atoms with Gasteiger partial charge in [-0.3, -0.25) is 19.2 Å². The van der Waals surface area contributed by atoms with E-state index in [9.17, 15) is 49.8 Å². The Balaban J connectivity index is 3.32. The molecule has 0 aromatic carbocycles. The number of hydrogen-bond donors (Lipinski definition) is 9. The van der Waals surface area contributed by atoms with Gasteiger partial charge in [-0.2, -0.15) is 0 Å². The van der Waals surface area contributed by atoms with Crippen LogP contribution in [0.1, 0.15) is 20.8 Å². The van der Waals surface area contributed by atoms with Crippen LogP contribution in [0.5, 0.6) is 0 Å². The van der Waals surface area contributed by atoms with Crippen LogP contribution in [0, 0.1) is 0 Å². The third-order valence-electron chi connectivity index (χ3n) is 5.51. The monoisotopic (exact) mass is 496 g/mol. The number of aliphatic hydroxyl groups is 7. The highest BCUT2D eigenvalue weighted by atomic mass is 16.6. The number of Topliss-reactive ketones (excluding diaryl/α,β-unsaturated/α-hetero) is 3. The Kier molecular flexibility index (Phi) is 10.8. The number of nitrogens with two attached hydrogens (primary N) is 1. The third-order valence-corrected chi connectivity index (χ3v) is 5.51. The molecule has 1 saturated heterocycles. The van der Waals surface area contributed by atoms with E-state index in [-0.39, 0.29) is 0 Å². The number of carbonyl (C=O) groups is 4. The quantitative estimate of drug-likeness (QED) is 0.0899. The summed E-state index contributed by atoms with van der Waals surface area (Å²) in [4.78, 5) is 50.3. The third kappa shape index (κ3) is 6.01. The lowest BCUT2D eigenvalue weighted by Gasteiger charge is -2.42. The average molecular weight is 496 g/mol. The fourth-order valence-electron chi connectivity index (χ4n) is 3.52. The van der Waals surface area contributed by atoms with E-state index in [2.05, 4.69) is 0 Å². The second-order valence-corrected chi connectivity index (χ2v) is 7.98. The van der Waals surface area contributed by atoms with Crippen LogP contribution >= 0.6 is 0 Å². The van der Waals surface area contributed by atoms with E-state index in [0.29, 0.717) is 0 Å². The molecular weight excluding hydrogens is 464 g/mol. The Bertz CT molecular complexity index is 764. The first kappa shape index (κ1) is 30.1. The number of ketones is 3. The van der Waals surface area contributed by atoms with Crippen molar-refractivity contribution in [3.8, 4) is 0 Å². The summed E-state index contributed by atoms with van der Waals surface area (Å²) >= 11 is 0. The first-order chi connectivity index (χ1) is 15.7. The molecule has 0 saturated carbocycles. The second-order valence-electron chi connectivity index (χ2n) is 7.98. The predicted molar refractivity (Wildman–Crippen MR) is 109 cm³/mol. The van der Waals surface area contributed by atoms with Crippen LogP contribution in [0.25, 0.3) is 0 Å². The minimum Gasteiger partial charge on any atom is -0.394 e. The van der Waals surface area contributed by atoms with Crippen molar-refractivity contribution in [1.29, 1.82) is 0 Å². The number of aliphatic hydroxyl groups excluding tert-OH is 7. The smallest absolute Gasteiger partial charge is 0.236 e. The molecule has 1 aliphatic rings. The lowest BCUT2D eigenvalue weighted by molar-refractivity contribution is -0.261. The second kappa shape index (κ2) is 12.2. The van der Waals surface area contributed by atoms with Crippen LogP contribution in [-0.4, -0.2) is 133 Å². The summed E-state index contributed by atoms with van der Waals surface area (Å²) in [5.41, 5.74) is 2.65. The molecule has 1 heterocycles. The molecule has 34 heavy (non-hydrogen) atoms. The Morgan fingerprint density at radius 1 is 1.12 bits per heavy atom. The topological polar surface area (TPSA) is 266 Å². The first-order valence-corrected chi connectivity index (χ1v) is 10.2. The molecule has 10 N–H and O–H groups in total. The number of hydrogen-bond acceptors (Lipinski definition) is 14. The molecule has 0 aromatic rings. The van der Waals surface area contributed by atoms with E-state index < -0.39 is 97.1 Å². The van der Waals surface area contributed by atoms with Crippen molar-refractivity contribution >= 4 is 23.3 Å². The summed E-state index contributed by atoms with van der Waals surface area (Å²) in [6.45, 7) is 0.750. The van der Waals surface area contributed by atoms with E-state index in [1.165, 1.54) is 0 Å². The summed E-state index contributed by atoms with van der Waals surface area (Å²) in [5, 5.41) is 70.5. The lowest BCUT2D eigenvalue weighted by atomic mass is 9.77. The van der Waals surface area contributed by atoms with Crippen LogP contribution in [0.2, 0.25) is 0 Å². The highest BCUT2D eigenvalue weighted by molar-refractivity contribution is 6.47. The standard InChI is InChI=1S/C19H32N2O13/c1-6(33-15-11(20)18(32)34-10(5-23)14(15)29)12(27)16(30)19(7(2)24,21-8(3)25)17(31)13(28)9(26)4-22/h6,9-11,13-15,17-18,22-23,26,28-29,31-32H,4-5,20H2,1-3H3,(H,21,25)/t6?,9-,10-,11-,13-,14-,15-,17+,18+,19+/m1/s1. The molecule has 1 amide bonds. The molecule has 0 spiro atoms. The van der Waals surface area contributed by atoms with Gasteiger partial charge in [-0.15, -0.1) is 0 Å². The zero-order valence-electron chi connectivity index (χ0n) is 18.8. The molecule has 1 fully saturated rings. The summed E-state index contributed by atoms with van der Waals surface area (Å²) in [6.07, 6.45) is -15.0. The van der Waals surface area contributed by atoms with Gasteiger partial charge >= 0.3 is 0 Å². The molecule has 0 aliphatic carbocycles. The normalized spacial score (nSPS) is 30.4. The van der Waals surface area contributed by atoms with Gasteiger partial charge < -0.3 is 56.3 Å². The maximum absolute atomic E-state index is 13.1. The largest absolute Gasteiger partial charge is 0.394 e. The van der Waals surface area contributed by atoms with Crippen LogP contribution in [0.4, 0.5) is 0 Å². The molecule has 1 unspecified atom stereocenters. The van der Waals surface area contributed by atoms with Gasteiger partial charge in [-0.1, -0.05) is 0 Å². The number of ether oxygens (including phenoxy) is 2. The fourth-order valence-corrected chi connectivity index (χ4v) is 3.52. The van der Waals surface area contributed by atoms with Gasteiger partial charge in [0.05, 0.1) is 19.3 Å². The maximum atomic E-state index is 13.1. The Hall–Kier alpha value is -1.92. The number of carbonyl (C=O) groups excluding carboxylic acids is 4. The molecule has 0 bridgehead atoms. The van der Waals surface area contributed by atoms with Crippen molar-refractivity contribution in [2.45, 2.75) is 81.4 Å². The van der Waals surface area contributed by atoms with Crippen molar-refractivity contribution in [3.05, 3.63) is 0 Å². The SMILES string of the molecule is CC(=O)N[C@@](C(C)=O)(C(=O)C(=O)C(C)O[C@@H]1[C@@H](N)[C@@H](O)O[C@H](CO)[C@H]1O)[C@@H](O)[C@H](O)[C@H](O)CO. The van der Waals surface area contributed by atoms with Crippen LogP contribution < -0.4 is 11.1 Å². The minimum atomic E-state index is -3.07. The van der Waals surface area contributed by atoms with Crippen molar-refractivity contribution in [1.82, 2.24) is 5.32 Å². The highest BCUT2D eigenvalue weighted by Crippen LogP contribution is 2.25. The maximum Gasteiger partial charge on any atom is 0.236 e. The molecule has 0 radical (unpaired) electrons. The Labute approximate surface area is 194 Å². The zero-order chi connectivity index (χ0) is 26.5. The van der Waals surface area contributed by atoms with Gasteiger partial charge in [0.15, 0.2) is 17.6 Å². The highest BCUT2D eigenvalue weighted by Gasteiger charge is 2.57. The van der Waals surface area contributed by atoms with Gasteiger partial charge in [0.1, 0.15) is 42.7 Å². The van der Waals surface area contributed by atoms with Crippen LogP contribution in [0.15, 0.2) is 0 Å². The van der Waals surface area contributed by atoms with E-state index in [1.54, 1.807) is 0 Å². The number of nitrogens with one attached hydrogen (secondary N) is 1. The van der Waals surface area contributed by atoms with Crippen LogP contribution in [-0.2, 0) is 28.7 Å². The van der Waals surface area contributed by atoms with E-state index in [4.69, 9.17) is 20.3 Å². The van der Waals surface area contributed by atoms with Gasteiger partial charge in [-0.05, 0) is 13.8 Å². The van der Waals surface area contributed by atoms with Crippen LogP contribution in [0.3, 0.4) is 0 Å². The van der Waals surface area contributed by atoms with E-state index in [0.717, 1.165) is 20.8 Å². The molecule has 196 valence electrons. The molecular formula is C19H32N2O13. The lowest BCUT2D eigenvalue weighted by Crippen LogP contribution is -2.72. The fraction of sp³-hybridized carbons (Fsp3) is 0.789. The molecule has 15 nitrogen and oxygen atoms in total. The van der Waals surface area contributed by atoms with Crippen molar-refractivity contribution in [2.75, 3.05) is 13.2 Å². The Morgan fingerprint density at radius 3 is 2.12 bits per heavy atom. The Morgan fingerprint density at radius 2 is 1.68 bits per heavy atom. The molecule has 1 rings (SSSR count). The number of amides is 1. The van der Waals surface area contributed by atoms with Crippen molar-refractivity contribution in [2.24, 2.45) is 5.73 Å². The van der Waals surface area contributed by atoms with Gasteiger partial charge in [-0.25, -0.2) is 0 Å². The summed E-state index contributed by atoms with van der Waals surface area (Å²) in [5.74, 6) is -5.61. The molecule has 15 heteroatoms. The van der Waals surface area contributed by atoms with Gasteiger partial charge in [0.25, 0.3) is 0 Å². The van der Waals surface area contributed by atoms with Crippen molar-refractivity contribution < 1.29 is 64.4 Å². The first-order valence-electron chi connectivity index (χ1n) is 10.2. The average Bonchev–Trinajstić information content (AvgIpc) is 2.79. The molecule has 0 aromatic heterocycles. The van der Waals surface area contributed by atoms with Gasteiger partial charge in [0, 0.05) is 6.92 Å². The zero-order valence-corrected chi connectivity index (χ0v) is 18.8. The number of rotatable bonds is 12. The van der Waals surface area contributed by atoms with Crippen molar-refractivity contribution in [3.63, 3.8) is 0 Å². The van der Waals surface area contributed by atoms with E-state index >= 15 is 0 Å². The minimum absolute atomic E-state index is 0.730. The molecule has 1 aliphatic heterocycles. The summed E-state index contributed by atoms with van der Waals surface area (Å²) < 4.78 is 10.2.